The Bertz CT molecular complexity index is 496. The molecule has 0 aliphatic heterocycles. The van der Waals surface area contributed by atoms with Crippen LogP contribution in [0.2, 0.25) is 0 Å². The standard InChI is InChI=1S/C12H16BrN3S/c1-12(2,3)14-5-8-6-15-16-11(8)10-4-9(13)7-17-10/h4,6-7,14H,5H2,1-3H3,(H,15,16). The molecule has 0 saturated carbocycles. The zero-order valence-corrected chi connectivity index (χ0v) is 12.6. The van der Waals surface area contributed by atoms with Gasteiger partial charge in [-0.05, 0) is 42.8 Å². The Hall–Kier alpha value is -0.650. The number of hydrogen-bond donors (Lipinski definition) is 2. The molecule has 0 bridgehead atoms. The fraction of sp³-hybridized carbons (Fsp3) is 0.417. The highest BCUT2D eigenvalue weighted by Crippen LogP contribution is 2.30. The summed E-state index contributed by atoms with van der Waals surface area (Å²) in [6, 6.07) is 2.11. The van der Waals surface area contributed by atoms with Crippen LogP contribution < -0.4 is 5.32 Å². The molecule has 0 fully saturated rings. The van der Waals surface area contributed by atoms with Gasteiger partial charge < -0.3 is 5.32 Å². The number of H-pyrrole nitrogens is 1. The molecule has 0 atom stereocenters. The lowest BCUT2D eigenvalue weighted by atomic mass is 10.1. The van der Waals surface area contributed by atoms with Crippen molar-refractivity contribution in [2.75, 3.05) is 0 Å². The van der Waals surface area contributed by atoms with Gasteiger partial charge in [0.1, 0.15) is 0 Å². The van der Waals surface area contributed by atoms with Crippen LogP contribution in [0.1, 0.15) is 26.3 Å². The molecule has 2 aromatic heterocycles. The minimum Gasteiger partial charge on any atom is -0.308 e. The molecule has 0 radical (unpaired) electrons. The van der Waals surface area contributed by atoms with Crippen LogP contribution in [0.3, 0.4) is 0 Å². The van der Waals surface area contributed by atoms with Crippen LogP contribution in [0.25, 0.3) is 10.6 Å². The van der Waals surface area contributed by atoms with Gasteiger partial charge in [0.15, 0.2) is 0 Å². The number of halogens is 1. The number of rotatable bonds is 3. The maximum atomic E-state index is 4.13. The van der Waals surface area contributed by atoms with E-state index in [1.165, 1.54) is 10.4 Å². The van der Waals surface area contributed by atoms with E-state index in [2.05, 4.69) is 63.7 Å². The summed E-state index contributed by atoms with van der Waals surface area (Å²) in [4.78, 5) is 1.21. The first kappa shape index (κ1) is 12.8. The third kappa shape index (κ3) is 3.40. The fourth-order valence-electron chi connectivity index (χ4n) is 1.46. The van der Waals surface area contributed by atoms with Gasteiger partial charge in [-0.1, -0.05) is 0 Å². The number of hydrogen-bond acceptors (Lipinski definition) is 3. The predicted molar refractivity (Wildman–Crippen MR) is 76.2 cm³/mol. The lowest BCUT2D eigenvalue weighted by Crippen LogP contribution is -2.35. The molecule has 0 saturated heterocycles. The van der Waals surface area contributed by atoms with Crippen molar-refractivity contribution in [1.29, 1.82) is 0 Å². The van der Waals surface area contributed by atoms with Crippen molar-refractivity contribution >= 4 is 27.3 Å². The molecule has 0 unspecified atom stereocenters. The van der Waals surface area contributed by atoms with Crippen LogP contribution in [-0.2, 0) is 6.54 Å². The summed E-state index contributed by atoms with van der Waals surface area (Å²) in [5.74, 6) is 0. The van der Waals surface area contributed by atoms with E-state index in [4.69, 9.17) is 0 Å². The Kier molecular flexibility index (Phi) is 3.70. The number of thiophene rings is 1. The van der Waals surface area contributed by atoms with Gasteiger partial charge in [0, 0.05) is 27.5 Å². The summed E-state index contributed by atoms with van der Waals surface area (Å²) < 4.78 is 1.11. The number of aromatic nitrogens is 2. The second-order valence-corrected chi connectivity index (χ2v) is 6.83. The molecule has 17 heavy (non-hydrogen) atoms. The number of nitrogens with one attached hydrogen (secondary N) is 2. The minimum absolute atomic E-state index is 0.116. The largest absolute Gasteiger partial charge is 0.308 e. The maximum absolute atomic E-state index is 4.13. The van der Waals surface area contributed by atoms with E-state index in [0.29, 0.717) is 0 Å². The highest BCUT2D eigenvalue weighted by Gasteiger charge is 2.13. The molecule has 2 rings (SSSR count). The summed E-state index contributed by atoms with van der Waals surface area (Å²) in [6.45, 7) is 7.31. The third-order valence-electron chi connectivity index (χ3n) is 2.34. The number of aromatic amines is 1. The molecular formula is C12H16BrN3S. The van der Waals surface area contributed by atoms with Gasteiger partial charge in [0.05, 0.1) is 16.8 Å². The van der Waals surface area contributed by atoms with Gasteiger partial charge in [-0.3, -0.25) is 5.10 Å². The van der Waals surface area contributed by atoms with Gasteiger partial charge in [0.2, 0.25) is 0 Å². The van der Waals surface area contributed by atoms with E-state index in [9.17, 15) is 0 Å². The van der Waals surface area contributed by atoms with Crippen molar-refractivity contribution in [1.82, 2.24) is 15.5 Å². The minimum atomic E-state index is 0.116. The zero-order chi connectivity index (χ0) is 12.5. The normalized spacial score (nSPS) is 12.0. The summed E-state index contributed by atoms with van der Waals surface area (Å²) in [6.07, 6.45) is 1.89. The molecule has 2 heterocycles. The average molecular weight is 314 g/mol. The van der Waals surface area contributed by atoms with Crippen LogP contribution in [0.4, 0.5) is 0 Å². The van der Waals surface area contributed by atoms with Crippen molar-refractivity contribution in [3.63, 3.8) is 0 Å². The monoisotopic (exact) mass is 313 g/mol. The smallest absolute Gasteiger partial charge is 0.0795 e. The Labute approximate surface area is 114 Å². The molecule has 2 aromatic rings. The molecule has 0 aromatic carbocycles. The van der Waals surface area contributed by atoms with E-state index < -0.39 is 0 Å². The first-order valence-corrected chi connectivity index (χ1v) is 7.15. The average Bonchev–Trinajstić information content (AvgIpc) is 2.81. The summed E-state index contributed by atoms with van der Waals surface area (Å²) >= 11 is 5.18. The molecule has 92 valence electrons. The highest BCUT2D eigenvalue weighted by molar-refractivity contribution is 9.10. The SMILES string of the molecule is CC(C)(C)NCc1cn[nH]c1-c1cc(Br)cs1. The second-order valence-electron chi connectivity index (χ2n) is 5.00. The Morgan fingerprint density at radius 3 is 2.82 bits per heavy atom. The lowest BCUT2D eigenvalue weighted by molar-refractivity contribution is 0.424. The molecule has 2 N–H and O–H groups in total. The third-order valence-corrected chi connectivity index (χ3v) is 4.05. The van der Waals surface area contributed by atoms with Crippen LogP contribution in [-0.4, -0.2) is 15.7 Å². The van der Waals surface area contributed by atoms with Gasteiger partial charge in [-0.2, -0.15) is 5.10 Å². The lowest BCUT2D eigenvalue weighted by Gasteiger charge is -2.20. The van der Waals surface area contributed by atoms with Crippen molar-refractivity contribution < 1.29 is 0 Å². The molecule has 5 heteroatoms. The Morgan fingerprint density at radius 1 is 1.47 bits per heavy atom. The molecule has 0 aliphatic rings. The van der Waals surface area contributed by atoms with Gasteiger partial charge in [-0.25, -0.2) is 0 Å². The molecule has 0 spiro atoms. The van der Waals surface area contributed by atoms with Crippen LogP contribution in [0, 0.1) is 0 Å². The van der Waals surface area contributed by atoms with E-state index in [1.807, 2.05) is 6.20 Å². The number of nitrogens with zero attached hydrogens (tertiary/aromatic N) is 1. The van der Waals surface area contributed by atoms with Crippen molar-refractivity contribution in [2.45, 2.75) is 32.9 Å². The molecular weight excluding hydrogens is 298 g/mol. The maximum Gasteiger partial charge on any atom is 0.0795 e. The van der Waals surface area contributed by atoms with Crippen LogP contribution in [0.5, 0.6) is 0 Å². The van der Waals surface area contributed by atoms with E-state index in [1.54, 1.807) is 11.3 Å². The first-order valence-electron chi connectivity index (χ1n) is 5.47. The highest BCUT2D eigenvalue weighted by atomic mass is 79.9. The van der Waals surface area contributed by atoms with Crippen molar-refractivity contribution in [2.24, 2.45) is 0 Å². The zero-order valence-electron chi connectivity index (χ0n) is 10.2. The Balaban J connectivity index is 2.17. The molecule has 0 amide bonds. The first-order chi connectivity index (χ1) is 7.96. The van der Waals surface area contributed by atoms with E-state index in [-0.39, 0.29) is 5.54 Å². The predicted octanol–water partition coefficient (Wildman–Crippen LogP) is 3.79. The summed E-state index contributed by atoms with van der Waals surface area (Å²) in [5.41, 5.74) is 2.43. The molecule has 0 aliphatic carbocycles. The molecule has 3 nitrogen and oxygen atoms in total. The summed E-state index contributed by atoms with van der Waals surface area (Å²) in [5, 5.41) is 12.8. The van der Waals surface area contributed by atoms with Crippen LogP contribution >= 0.6 is 27.3 Å². The van der Waals surface area contributed by atoms with Crippen LogP contribution in [0.15, 0.2) is 22.1 Å². The van der Waals surface area contributed by atoms with E-state index >= 15 is 0 Å². The second kappa shape index (κ2) is 4.92. The topological polar surface area (TPSA) is 40.7 Å². The quantitative estimate of drug-likeness (QED) is 0.905. The summed E-state index contributed by atoms with van der Waals surface area (Å²) in [7, 11) is 0. The van der Waals surface area contributed by atoms with Crippen molar-refractivity contribution in [3.05, 3.63) is 27.7 Å². The Morgan fingerprint density at radius 2 is 2.24 bits per heavy atom. The van der Waals surface area contributed by atoms with Crippen molar-refractivity contribution in [3.8, 4) is 10.6 Å². The fourth-order valence-corrected chi connectivity index (χ4v) is 2.92. The van der Waals surface area contributed by atoms with Gasteiger partial charge >= 0.3 is 0 Å². The van der Waals surface area contributed by atoms with Gasteiger partial charge in [-0.15, -0.1) is 11.3 Å². The van der Waals surface area contributed by atoms with E-state index in [0.717, 1.165) is 16.7 Å². The van der Waals surface area contributed by atoms with Gasteiger partial charge in [0.25, 0.3) is 0 Å².